The Balaban J connectivity index is 2.88. The predicted octanol–water partition coefficient (Wildman–Crippen LogP) is -1.95. The Morgan fingerprint density at radius 2 is 2.00 bits per heavy atom. The van der Waals surface area contributed by atoms with Crippen LogP contribution in [0.3, 0.4) is 0 Å². The van der Waals surface area contributed by atoms with E-state index < -0.39 is 23.0 Å². The molecule has 0 atom stereocenters. The molecule has 0 amide bonds. The largest absolute Gasteiger partial charge is 0.460 e. The number of aromatic nitrogens is 3. The Morgan fingerprint density at radius 3 is 2.56 bits per heavy atom. The lowest BCUT2D eigenvalue weighted by Gasteiger charge is -2.06. The molecular weight excluding hydrogens is 246 g/mol. The molecule has 0 saturated heterocycles. The number of hydrogen-bond acceptors (Lipinski definition) is 6. The van der Waals surface area contributed by atoms with E-state index in [9.17, 15) is 19.2 Å². The van der Waals surface area contributed by atoms with E-state index in [0.29, 0.717) is 4.57 Å². The monoisotopic (exact) mass is 257 g/mol. The quantitative estimate of drug-likeness (QED) is 0.367. The third-order valence-electron chi connectivity index (χ3n) is 1.96. The van der Waals surface area contributed by atoms with E-state index in [0.717, 1.165) is 0 Å². The van der Waals surface area contributed by atoms with Gasteiger partial charge in [0.25, 0.3) is 0 Å². The Morgan fingerprint density at radius 1 is 1.39 bits per heavy atom. The van der Waals surface area contributed by atoms with Gasteiger partial charge in [0.2, 0.25) is 0 Å². The van der Waals surface area contributed by atoms with Gasteiger partial charge in [0.15, 0.2) is 0 Å². The Hall–Kier alpha value is -2.58. The van der Waals surface area contributed by atoms with Crippen molar-refractivity contribution in [3.05, 3.63) is 43.6 Å². The SMILES string of the molecule is C=C(C)C(=O)OCCn1c(=O)[nH]c(=O)n(O)c1=O. The van der Waals surface area contributed by atoms with Crippen molar-refractivity contribution in [3.8, 4) is 0 Å². The Labute approximate surface area is 99.5 Å². The summed E-state index contributed by atoms with van der Waals surface area (Å²) in [4.78, 5) is 46.1. The maximum atomic E-state index is 11.3. The normalized spacial score (nSPS) is 10.1. The second-order valence-corrected chi connectivity index (χ2v) is 3.40. The molecule has 1 aromatic heterocycles. The minimum absolute atomic E-state index is 0.170. The van der Waals surface area contributed by atoms with E-state index >= 15 is 0 Å². The van der Waals surface area contributed by atoms with Crippen LogP contribution in [0.1, 0.15) is 6.92 Å². The maximum Gasteiger partial charge on any atom is 0.369 e. The average Bonchev–Trinajstić information content (AvgIpc) is 2.30. The van der Waals surface area contributed by atoms with Gasteiger partial charge in [0.1, 0.15) is 6.61 Å². The lowest BCUT2D eigenvalue weighted by molar-refractivity contribution is -0.139. The summed E-state index contributed by atoms with van der Waals surface area (Å²) in [7, 11) is 0. The van der Waals surface area contributed by atoms with Gasteiger partial charge in [-0.05, 0) is 6.92 Å². The number of ether oxygens (including phenoxy) is 1. The molecule has 0 spiro atoms. The van der Waals surface area contributed by atoms with E-state index in [2.05, 4.69) is 11.3 Å². The first kappa shape index (κ1) is 13.5. The minimum atomic E-state index is -1.24. The highest BCUT2D eigenvalue weighted by Gasteiger charge is 2.09. The van der Waals surface area contributed by atoms with Gasteiger partial charge in [-0.25, -0.2) is 23.7 Å². The van der Waals surface area contributed by atoms with Crippen molar-refractivity contribution in [3.63, 3.8) is 0 Å². The molecule has 0 radical (unpaired) electrons. The molecule has 0 aliphatic heterocycles. The van der Waals surface area contributed by atoms with Crippen LogP contribution in [0.5, 0.6) is 0 Å². The summed E-state index contributed by atoms with van der Waals surface area (Å²) >= 11 is 0. The van der Waals surface area contributed by atoms with Gasteiger partial charge in [-0.1, -0.05) is 11.3 Å². The fraction of sp³-hybridized carbons (Fsp3) is 0.333. The molecule has 0 saturated carbocycles. The van der Waals surface area contributed by atoms with Gasteiger partial charge in [-0.3, -0.25) is 4.98 Å². The predicted molar refractivity (Wildman–Crippen MR) is 58.5 cm³/mol. The molecule has 2 N–H and O–H groups in total. The maximum absolute atomic E-state index is 11.3. The van der Waals surface area contributed by atoms with Crippen LogP contribution in [-0.4, -0.2) is 32.1 Å². The van der Waals surface area contributed by atoms with Crippen molar-refractivity contribution >= 4 is 5.97 Å². The van der Waals surface area contributed by atoms with Crippen LogP contribution < -0.4 is 17.1 Å². The summed E-state index contributed by atoms with van der Waals surface area (Å²) in [6.07, 6.45) is 0. The van der Waals surface area contributed by atoms with Gasteiger partial charge >= 0.3 is 23.0 Å². The smallest absolute Gasteiger partial charge is 0.369 e. The van der Waals surface area contributed by atoms with Gasteiger partial charge < -0.3 is 9.94 Å². The van der Waals surface area contributed by atoms with Gasteiger partial charge in [-0.2, -0.15) is 0 Å². The average molecular weight is 257 g/mol. The second-order valence-electron chi connectivity index (χ2n) is 3.40. The first-order valence-electron chi connectivity index (χ1n) is 4.82. The first-order valence-corrected chi connectivity index (χ1v) is 4.82. The van der Waals surface area contributed by atoms with Crippen LogP contribution in [0, 0.1) is 0 Å². The van der Waals surface area contributed by atoms with Crippen molar-refractivity contribution in [2.24, 2.45) is 0 Å². The molecule has 0 aromatic carbocycles. The van der Waals surface area contributed by atoms with E-state index in [4.69, 9.17) is 5.21 Å². The van der Waals surface area contributed by atoms with Crippen LogP contribution >= 0.6 is 0 Å². The second kappa shape index (κ2) is 5.17. The number of H-pyrrole nitrogens is 1. The fourth-order valence-electron chi connectivity index (χ4n) is 1.05. The van der Waals surface area contributed by atoms with Crippen molar-refractivity contribution < 1.29 is 14.7 Å². The van der Waals surface area contributed by atoms with Crippen molar-refractivity contribution in [2.45, 2.75) is 13.5 Å². The number of nitrogens with zero attached hydrogens (tertiary/aromatic N) is 2. The van der Waals surface area contributed by atoms with Crippen LogP contribution in [-0.2, 0) is 16.1 Å². The van der Waals surface area contributed by atoms with E-state index in [1.807, 2.05) is 0 Å². The number of carbonyl (C=O) groups excluding carboxylic acids is 1. The molecule has 1 rings (SSSR count). The van der Waals surface area contributed by atoms with Crippen LogP contribution in [0.4, 0.5) is 0 Å². The molecule has 0 fully saturated rings. The number of rotatable bonds is 4. The van der Waals surface area contributed by atoms with E-state index in [1.54, 1.807) is 4.98 Å². The van der Waals surface area contributed by atoms with Crippen LogP contribution in [0.15, 0.2) is 26.5 Å². The number of carbonyl (C=O) groups is 1. The van der Waals surface area contributed by atoms with Crippen molar-refractivity contribution in [1.82, 2.24) is 14.3 Å². The molecule has 9 nitrogen and oxygen atoms in total. The zero-order valence-corrected chi connectivity index (χ0v) is 9.50. The standard InChI is InChI=1S/C9H11N3O6/c1-5(2)6(13)18-4-3-11-7(14)10-8(15)12(17)9(11)16/h17H,1,3-4H2,2H3,(H,10,14,15). The highest BCUT2D eigenvalue weighted by molar-refractivity contribution is 5.86. The fourth-order valence-corrected chi connectivity index (χ4v) is 1.05. The molecular formula is C9H11N3O6. The summed E-state index contributed by atoms with van der Waals surface area (Å²) in [5, 5.41) is 8.99. The lowest BCUT2D eigenvalue weighted by Crippen LogP contribution is -2.49. The minimum Gasteiger partial charge on any atom is -0.460 e. The zero-order chi connectivity index (χ0) is 13.9. The summed E-state index contributed by atoms with van der Waals surface area (Å²) in [6.45, 7) is 4.22. The number of esters is 1. The first-order chi connectivity index (χ1) is 8.34. The topological polar surface area (TPSA) is 123 Å². The number of nitrogens with one attached hydrogen (secondary N) is 1. The number of aromatic amines is 1. The summed E-state index contributed by atoms with van der Waals surface area (Å²) in [5.41, 5.74) is -3.28. The molecule has 18 heavy (non-hydrogen) atoms. The molecule has 1 aromatic rings. The third-order valence-corrected chi connectivity index (χ3v) is 1.96. The lowest BCUT2D eigenvalue weighted by atomic mass is 10.4. The molecule has 98 valence electrons. The Kier molecular flexibility index (Phi) is 3.87. The van der Waals surface area contributed by atoms with Crippen molar-refractivity contribution in [2.75, 3.05) is 6.61 Å². The van der Waals surface area contributed by atoms with Gasteiger partial charge in [0, 0.05) is 5.57 Å². The molecule has 0 aliphatic rings. The molecule has 0 unspecified atom stereocenters. The van der Waals surface area contributed by atoms with E-state index in [1.165, 1.54) is 6.92 Å². The molecule has 9 heteroatoms. The summed E-state index contributed by atoms with van der Waals surface area (Å²) < 4.78 is 4.94. The van der Waals surface area contributed by atoms with Crippen molar-refractivity contribution in [1.29, 1.82) is 0 Å². The molecule has 0 bridgehead atoms. The Bertz CT molecular complexity index is 649. The molecule has 0 aliphatic carbocycles. The van der Waals surface area contributed by atoms with E-state index in [-0.39, 0.29) is 23.5 Å². The molecule has 1 heterocycles. The van der Waals surface area contributed by atoms with Gasteiger partial charge in [-0.15, -0.1) is 0 Å². The van der Waals surface area contributed by atoms with Gasteiger partial charge in [0.05, 0.1) is 6.54 Å². The van der Waals surface area contributed by atoms with Crippen LogP contribution in [0.25, 0.3) is 0 Å². The third kappa shape index (κ3) is 2.75. The summed E-state index contributed by atoms with van der Waals surface area (Å²) in [6, 6.07) is 0. The highest BCUT2D eigenvalue weighted by Crippen LogP contribution is 1.91. The summed E-state index contributed by atoms with van der Waals surface area (Å²) in [5.74, 6) is -0.670. The number of hydrogen-bond donors (Lipinski definition) is 2. The van der Waals surface area contributed by atoms with Crippen LogP contribution in [0.2, 0.25) is 0 Å². The zero-order valence-electron chi connectivity index (χ0n) is 9.50. The highest BCUT2D eigenvalue weighted by atomic mass is 16.5.